The first-order valence-electron chi connectivity index (χ1n) is 6.03. The highest BCUT2D eigenvalue weighted by atomic mass is 35.5. The molecule has 0 amide bonds. The summed E-state index contributed by atoms with van der Waals surface area (Å²) < 4.78 is 0. The van der Waals surface area contributed by atoms with Crippen LogP contribution in [0.5, 0.6) is 0 Å². The summed E-state index contributed by atoms with van der Waals surface area (Å²) in [6, 6.07) is 7.11. The second-order valence-corrected chi connectivity index (χ2v) is 6.19. The molecule has 0 saturated heterocycles. The maximum atomic E-state index is 9.48. The van der Waals surface area contributed by atoms with Crippen molar-refractivity contribution in [2.75, 3.05) is 0 Å². The fourth-order valence-corrected chi connectivity index (χ4v) is 2.73. The molecule has 0 fully saturated rings. The predicted octanol–water partition coefficient (Wildman–Crippen LogP) is 4.42. The number of hydrogen-bond acceptors (Lipinski definition) is 3. The zero-order valence-electron chi connectivity index (χ0n) is 11.1. The van der Waals surface area contributed by atoms with Gasteiger partial charge in [-0.3, -0.25) is 5.01 Å². The zero-order valence-corrected chi connectivity index (χ0v) is 12.6. The molecule has 1 heterocycles. The van der Waals surface area contributed by atoms with Crippen LogP contribution in [-0.4, -0.2) is 16.3 Å². The van der Waals surface area contributed by atoms with Crippen molar-refractivity contribution in [3.63, 3.8) is 0 Å². The van der Waals surface area contributed by atoms with Gasteiger partial charge in [0, 0.05) is 12.1 Å². The van der Waals surface area contributed by atoms with E-state index in [-0.39, 0.29) is 5.54 Å². The van der Waals surface area contributed by atoms with E-state index in [9.17, 15) is 5.26 Å². The Morgan fingerprint density at radius 3 is 2.53 bits per heavy atom. The number of halogens is 2. The molecule has 1 aliphatic rings. The number of nitrogens with zero attached hydrogens (tertiary/aromatic N) is 3. The predicted molar refractivity (Wildman–Crippen MR) is 78.5 cm³/mol. The van der Waals surface area contributed by atoms with Crippen molar-refractivity contribution >= 4 is 28.9 Å². The fourth-order valence-electron chi connectivity index (χ4n) is 2.42. The largest absolute Gasteiger partial charge is 0.269 e. The Morgan fingerprint density at radius 1 is 1.37 bits per heavy atom. The Hall–Kier alpha value is -1.24. The van der Waals surface area contributed by atoms with Crippen molar-refractivity contribution in [1.29, 1.82) is 5.26 Å². The maximum absolute atomic E-state index is 9.48. The smallest absolute Gasteiger partial charge is 0.159 e. The molecule has 0 saturated carbocycles. The molecule has 2 rings (SSSR count). The Labute approximate surface area is 123 Å². The van der Waals surface area contributed by atoms with Gasteiger partial charge >= 0.3 is 0 Å². The quantitative estimate of drug-likeness (QED) is 0.810. The Kier molecular flexibility index (Phi) is 3.75. The average Bonchev–Trinajstić information content (AvgIpc) is 2.58. The summed E-state index contributed by atoms with van der Waals surface area (Å²) >= 11 is 11.9. The molecule has 3 nitrogen and oxygen atoms in total. The van der Waals surface area contributed by atoms with Gasteiger partial charge in [0.05, 0.1) is 21.7 Å². The molecule has 0 N–H and O–H groups in total. The van der Waals surface area contributed by atoms with E-state index in [0.717, 1.165) is 17.7 Å². The van der Waals surface area contributed by atoms with Gasteiger partial charge in [-0.2, -0.15) is 10.4 Å². The van der Waals surface area contributed by atoms with Gasteiger partial charge in [-0.25, -0.2) is 0 Å². The van der Waals surface area contributed by atoms with Crippen LogP contribution in [-0.2, 0) is 0 Å². The van der Waals surface area contributed by atoms with E-state index < -0.39 is 6.04 Å². The van der Waals surface area contributed by atoms with Gasteiger partial charge in [-0.05, 0) is 38.5 Å². The molecule has 5 heteroatoms. The van der Waals surface area contributed by atoms with E-state index in [1.54, 1.807) is 12.1 Å². The summed E-state index contributed by atoms with van der Waals surface area (Å²) in [6.45, 7) is 6.13. The lowest BCUT2D eigenvalue weighted by Crippen LogP contribution is -2.38. The first kappa shape index (κ1) is 14.2. The molecule has 19 heavy (non-hydrogen) atoms. The fraction of sp³-hybridized carbons (Fsp3) is 0.429. The minimum atomic E-state index is -0.456. The molecule has 1 aromatic carbocycles. The van der Waals surface area contributed by atoms with Gasteiger partial charge in [-0.1, -0.05) is 29.3 Å². The number of rotatable bonds is 2. The second-order valence-electron chi connectivity index (χ2n) is 5.37. The van der Waals surface area contributed by atoms with Crippen LogP contribution < -0.4 is 0 Å². The van der Waals surface area contributed by atoms with Crippen LogP contribution in [0.2, 0.25) is 10.0 Å². The van der Waals surface area contributed by atoms with Crippen LogP contribution in [0.1, 0.15) is 38.8 Å². The van der Waals surface area contributed by atoms with Crippen LogP contribution in [0, 0.1) is 11.3 Å². The highest BCUT2D eigenvalue weighted by molar-refractivity contribution is 6.42. The monoisotopic (exact) mass is 295 g/mol. The summed E-state index contributed by atoms with van der Waals surface area (Å²) in [5.74, 6) is 0. The van der Waals surface area contributed by atoms with Gasteiger partial charge in [0.1, 0.15) is 0 Å². The van der Waals surface area contributed by atoms with E-state index in [1.807, 2.05) is 18.0 Å². The third-order valence-corrected chi connectivity index (χ3v) is 3.95. The van der Waals surface area contributed by atoms with Crippen LogP contribution in [0.15, 0.2) is 23.3 Å². The Balaban J connectivity index is 2.41. The maximum Gasteiger partial charge on any atom is 0.159 e. The number of hydrazone groups is 1. The number of benzene rings is 1. The summed E-state index contributed by atoms with van der Waals surface area (Å²) in [5, 5.41) is 16.8. The van der Waals surface area contributed by atoms with Crippen molar-refractivity contribution in [2.24, 2.45) is 5.10 Å². The SMILES string of the molecule is CC1=NN([C@H](C#N)c2ccc(Cl)c(Cl)c2)C(C)(C)C1. The third-order valence-electron chi connectivity index (χ3n) is 3.21. The van der Waals surface area contributed by atoms with Gasteiger partial charge in [-0.15, -0.1) is 0 Å². The lowest BCUT2D eigenvalue weighted by atomic mass is 9.96. The average molecular weight is 296 g/mol. The van der Waals surface area contributed by atoms with Crippen molar-refractivity contribution in [3.05, 3.63) is 33.8 Å². The van der Waals surface area contributed by atoms with E-state index in [1.165, 1.54) is 0 Å². The molecule has 0 aliphatic carbocycles. The molecule has 100 valence electrons. The van der Waals surface area contributed by atoms with Crippen molar-refractivity contribution < 1.29 is 0 Å². The summed E-state index contributed by atoms with van der Waals surface area (Å²) in [6.07, 6.45) is 0.854. The van der Waals surface area contributed by atoms with Crippen molar-refractivity contribution in [3.8, 4) is 6.07 Å². The lowest BCUT2D eigenvalue weighted by molar-refractivity contribution is 0.123. The van der Waals surface area contributed by atoms with Gasteiger partial charge < -0.3 is 0 Å². The third kappa shape index (κ3) is 2.70. The summed E-state index contributed by atoms with van der Waals surface area (Å²) in [4.78, 5) is 0. The first-order valence-corrected chi connectivity index (χ1v) is 6.79. The Bertz CT molecular complexity index is 573. The molecule has 0 aromatic heterocycles. The summed E-state index contributed by atoms with van der Waals surface area (Å²) in [7, 11) is 0. The van der Waals surface area contributed by atoms with Crippen LogP contribution in [0.4, 0.5) is 0 Å². The van der Waals surface area contributed by atoms with E-state index in [4.69, 9.17) is 23.2 Å². The summed E-state index contributed by atoms with van der Waals surface area (Å²) in [5.41, 5.74) is 1.67. The molecular weight excluding hydrogens is 281 g/mol. The molecule has 0 radical (unpaired) electrons. The number of hydrogen-bond donors (Lipinski definition) is 0. The van der Waals surface area contributed by atoms with Crippen LogP contribution >= 0.6 is 23.2 Å². The van der Waals surface area contributed by atoms with Gasteiger partial charge in [0.15, 0.2) is 6.04 Å². The van der Waals surface area contributed by atoms with E-state index >= 15 is 0 Å². The molecule has 0 unspecified atom stereocenters. The number of nitriles is 1. The van der Waals surface area contributed by atoms with E-state index in [2.05, 4.69) is 25.0 Å². The Morgan fingerprint density at radius 2 is 2.05 bits per heavy atom. The normalized spacial score (nSPS) is 18.9. The molecular formula is C14H15Cl2N3. The minimum Gasteiger partial charge on any atom is -0.269 e. The zero-order chi connectivity index (χ0) is 14.2. The van der Waals surface area contributed by atoms with Gasteiger partial charge in [0.25, 0.3) is 0 Å². The van der Waals surface area contributed by atoms with Crippen molar-refractivity contribution in [1.82, 2.24) is 5.01 Å². The molecule has 1 aliphatic heterocycles. The highest BCUT2D eigenvalue weighted by Crippen LogP contribution is 2.36. The lowest BCUT2D eigenvalue weighted by Gasteiger charge is -2.34. The molecule has 0 bridgehead atoms. The van der Waals surface area contributed by atoms with Crippen molar-refractivity contribution in [2.45, 2.75) is 38.8 Å². The topological polar surface area (TPSA) is 39.4 Å². The molecule has 1 aromatic rings. The standard InChI is InChI=1S/C14H15Cl2N3/c1-9-7-14(2,3)19(18-9)13(8-17)10-4-5-11(15)12(16)6-10/h4-6,13H,7H2,1-3H3/t13-/m1/s1. The van der Waals surface area contributed by atoms with Crippen LogP contribution in [0.25, 0.3) is 0 Å². The van der Waals surface area contributed by atoms with Crippen LogP contribution in [0.3, 0.4) is 0 Å². The van der Waals surface area contributed by atoms with E-state index in [0.29, 0.717) is 10.0 Å². The highest BCUT2D eigenvalue weighted by Gasteiger charge is 2.37. The molecule has 1 atom stereocenters. The van der Waals surface area contributed by atoms with Gasteiger partial charge in [0.2, 0.25) is 0 Å². The minimum absolute atomic E-state index is 0.170. The first-order chi connectivity index (χ1) is 8.85. The second kappa shape index (κ2) is 5.03. The molecule has 0 spiro atoms.